The number of aryl methyl sites for hydroxylation is 2. The van der Waals surface area contributed by atoms with Crippen LogP contribution in [0, 0.1) is 0 Å². The Labute approximate surface area is 151 Å². The van der Waals surface area contributed by atoms with Crippen LogP contribution in [0.25, 0.3) is 5.57 Å². The highest BCUT2D eigenvalue weighted by atomic mass is 14.1. The Balaban J connectivity index is 1.97. The minimum Gasteiger partial charge on any atom is -0.0717 e. The predicted molar refractivity (Wildman–Crippen MR) is 109 cm³/mol. The highest BCUT2D eigenvalue weighted by Gasteiger charge is 2.05. The topological polar surface area (TPSA) is 0 Å². The van der Waals surface area contributed by atoms with Gasteiger partial charge in [0, 0.05) is 0 Å². The second-order valence-corrected chi connectivity index (χ2v) is 6.42. The molecule has 0 amide bonds. The second kappa shape index (κ2) is 8.48. The molecule has 0 saturated carbocycles. The Bertz CT molecular complexity index is 763. The molecule has 25 heavy (non-hydrogen) atoms. The summed E-state index contributed by atoms with van der Waals surface area (Å²) in [6, 6.07) is 28.4. The van der Waals surface area contributed by atoms with E-state index >= 15 is 0 Å². The molecule has 0 aliphatic heterocycles. The van der Waals surface area contributed by atoms with E-state index in [1.165, 1.54) is 33.4 Å². The average Bonchev–Trinajstić information content (AvgIpc) is 2.69. The van der Waals surface area contributed by atoms with Gasteiger partial charge in [-0.3, -0.25) is 0 Å². The van der Waals surface area contributed by atoms with Gasteiger partial charge in [-0.15, -0.1) is 0 Å². The molecule has 0 aliphatic carbocycles. The maximum absolute atomic E-state index is 2.37. The first-order valence-electron chi connectivity index (χ1n) is 9.23. The molecule has 0 saturated heterocycles. The highest BCUT2D eigenvalue weighted by Crippen LogP contribution is 2.24. The summed E-state index contributed by atoms with van der Waals surface area (Å²) in [4.78, 5) is 0. The summed E-state index contributed by atoms with van der Waals surface area (Å²) in [6.07, 6.45) is 5.52. The van der Waals surface area contributed by atoms with Crippen molar-refractivity contribution in [2.24, 2.45) is 0 Å². The van der Waals surface area contributed by atoms with Gasteiger partial charge in [-0.2, -0.15) is 0 Å². The molecule has 0 aromatic heterocycles. The fourth-order valence-electron chi connectivity index (χ4n) is 3.22. The van der Waals surface area contributed by atoms with Gasteiger partial charge < -0.3 is 0 Å². The fourth-order valence-corrected chi connectivity index (χ4v) is 3.22. The molecule has 0 N–H and O–H groups in total. The van der Waals surface area contributed by atoms with E-state index in [4.69, 9.17) is 0 Å². The summed E-state index contributed by atoms with van der Waals surface area (Å²) in [6.45, 7) is 4.46. The van der Waals surface area contributed by atoms with E-state index in [1.54, 1.807) is 0 Å². The van der Waals surface area contributed by atoms with Gasteiger partial charge in [0.1, 0.15) is 0 Å². The Morgan fingerprint density at radius 2 is 1.08 bits per heavy atom. The van der Waals surface area contributed by atoms with Gasteiger partial charge in [0.15, 0.2) is 0 Å². The molecular weight excluding hydrogens is 300 g/mol. The second-order valence-electron chi connectivity index (χ2n) is 6.42. The quantitative estimate of drug-likeness (QED) is 0.486. The van der Waals surface area contributed by atoms with Crippen LogP contribution in [0.3, 0.4) is 0 Å². The Morgan fingerprint density at radius 3 is 1.52 bits per heavy atom. The monoisotopic (exact) mass is 326 g/mol. The van der Waals surface area contributed by atoms with E-state index in [9.17, 15) is 0 Å². The molecule has 0 aliphatic rings. The lowest BCUT2D eigenvalue weighted by Gasteiger charge is -2.10. The van der Waals surface area contributed by atoms with Crippen molar-refractivity contribution in [3.8, 4) is 0 Å². The zero-order valence-corrected chi connectivity index (χ0v) is 15.2. The van der Waals surface area contributed by atoms with E-state index in [0.717, 1.165) is 19.3 Å². The van der Waals surface area contributed by atoms with Crippen molar-refractivity contribution in [3.63, 3.8) is 0 Å². The van der Waals surface area contributed by atoms with Gasteiger partial charge in [-0.1, -0.05) is 98.8 Å². The Kier molecular flexibility index (Phi) is 5.85. The largest absolute Gasteiger partial charge is 0.0717 e. The normalized spacial score (nSPS) is 10.5. The minimum absolute atomic E-state index is 0.958. The zero-order valence-electron chi connectivity index (χ0n) is 15.2. The van der Waals surface area contributed by atoms with Crippen LogP contribution in [-0.2, 0) is 19.3 Å². The molecule has 0 fully saturated rings. The fraction of sp³-hybridized carbons (Fsp3) is 0.200. The third kappa shape index (κ3) is 4.48. The van der Waals surface area contributed by atoms with Crippen LogP contribution in [0.1, 0.15) is 41.7 Å². The average molecular weight is 326 g/mol. The number of benzene rings is 3. The van der Waals surface area contributed by atoms with Crippen LogP contribution in [0.5, 0.6) is 0 Å². The van der Waals surface area contributed by atoms with Crippen molar-refractivity contribution in [1.29, 1.82) is 0 Å². The summed E-state index contributed by atoms with van der Waals surface area (Å²) in [5.74, 6) is 0. The highest BCUT2D eigenvalue weighted by molar-refractivity contribution is 5.79. The van der Waals surface area contributed by atoms with E-state index < -0.39 is 0 Å². The molecule has 0 spiro atoms. The van der Waals surface area contributed by atoms with Gasteiger partial charge in [0.05, 0.1) is 0 Å². The summed E-state index contributed by atoms with van der Waals surface area (Å²) >= 11 is 0. The van der Waals surface area contributed by atoms with E-state index in [1.807, 2.05) is 0 Å². The van der Waals surface area contributed by atoms with Gasteiger partial charge in [0.25, 0.3) is 0 Å². The maximum Gasteiger partial charge on any atom is -0.00878 e. The molecule has 0 nitrogen and oxygen atoms in total. The molecule has 3 rings (SSSR count). The predicted octanol–water partition coefficient (Wildman–Crippen LogP) is 6.49. The van der Waals surface area contributed by atoms with Crippen molar-refractivity contribution in [1.82, 2.24) is 0 Å². The first-order valence-corrected chi connectivity index (χ1v) is 9.23. The van der Waals surface area contributed by atoms with Crippen LogP contribution in [-0.4, -0.2) is 0 Å². The van der Waals surface area contributed by atoms with Crippen molar-refractivity contribution in [2.45, 2.75) is 33.1 Å². The van der Waals surface area contributed by atoms with Crippen LogP contribution >= 0.6 is 0 Å². The number of hydrogen-bond donors (Lipinski definition) is 0. The standard InChI is InChI=1S/C25H26/c1-3-20-17-21(4-2)19-22(18-20)15-16-25(23-11-7-5-8-12-23)24-13-9-6-10-14-24/h5-14,16-19H,3-4,15H2,1-2H3. The van der Waals surface area contributed by atoms with Crippen molar-refractivity contribution in [3.05, 3.63) is 113 Å². The van der Waals surface area contributed by atoms with E-state index in [-0.39, 0.29) is 0 Å². The zero-order chi connectivity index (χ0) is 17.5. The van der Waals surface area contributed by atoms with Gasteiger partial charge >= 0.3 is 0 Å². The number of allylic oxidation sites excluding steroid dienone is 1. The molecule has 0 bridgehead atoms. The summed E-state index contributed by atoms with van der Waals surface area (Å²) in [5.41, 5.74) is 8.13. The Hall–Kier alpha value is -2.60. The lowest BCUT2D eigenvalue weighted by atomic mass is 9.94. The van der Waals surface area contributed by atoms with Crippen LogP contribution in [0.15, 0.2) is 84.9 Å². The Morgan fingerprint density at radius 1 is 0.640 bits per heavy atom. The van der Waals surface area contributed by atoms with Crippen LogP contribution in [0.4, 0.5) is 0 Å². The molecule has 0 atom stereocenters. The van der Waals surface area contributed by atoms with Crippen molar-refractivity contribution in [2.75, 3.05) is 0 Å². The maximum atomic E-state index is 2.37. The molecule has 3 aromatic rings. The molecule has 0 heteroatoms. The van der Waals surface area contributed by atoms with Crippen molar-refractivity contribution >= 4 is 5.57 Å². The number of hydrogen-bond acceptors (Lipinski definition) is 0. The first kappa shape index (κ1) is 17.2. The molecule has 0 heterocycles. The molecule has 3 aromatic carbocycles. The van der Waals surface area contributed by atoms with Gasteiger partial charge in [-0.05, 0) is 52.7 Å². The molecule has 0 unspecified atom stereocenters. The SMILES string of the molecule is CCc1cc(CC)cc(CC=C(c2ccccc2)c2ccccc2)c1. The van der Waals surface area contributed by atoms with Crippen molar-refractivity contribution < 1.29 is 0 Å². The first-order chi connectivity index (χ1) is 12.3. The summed E-state index contributed by atoms with van der Waals surface area (Å²) in [5, 5.41) is 0. The summed E-state index contributed by atoms with van der Waals surface area (Å²) in [7, 11) is 0. The van der Waals surface area contributed by atoms with E-state index in [2.05, 4.69) is 98.8 Å². The third-order valence-corrected chi connectivity index (χ3v) is 4.64. The molecule has 0 radical (unpaired) electrons. The molecular formula is C25H26. The minimum atomic E-state index is 0.958. The van der Waals surface area contributed by atoms with Crippen LogP contribution in [0.2, 0.25) is 0 Å². The smallest absolute Gasteiger partial charge is 0.00878 e. The third-order valence-electron chi connectivity index (χ3n) is 4.64. The lowest BCUT2D eigenvalue weighted by Crippen LogP contribution is -1.93. The van der Waals surface area contributed by atoms with Crippen LogP contribution < -0.4 is 0 Å². The number of rotatable bonds is 6. The van der Waals surface area contributed by atoms with E-state index in [0.29, 0.717) is 0 Å². The van der Waals surface area contributed by atoms with Gasteiger partial charge in [0.2, 0.25) is 0 Å². The molecule has 126 valence electrons. The van der Waals surface area contributed by atoms with Gasteiger partial charge in [-0.25, -0.2) is 0 Å². The lowest BCUT2D eigenvalue weighted by molar-refractivity contribution is 1.06. The summed E-state index contributed by atoms with van der Waals surface area (Å²) < 4.78 is 0.